The normalized spacial score (nSPS) is 14.3. The van der Waals surface area contributed by atoms with Gasteiger partial charge in [0.05, 0.1) is 0 Å². The summed E-state index contributed by atoms with van der Waals surface area (Å²) in [5.74, 6) is -4.04. The van der Waals surface area contributed by atoms with Crippen molar-refractivity contribution in [3.05, 3.63) is 12.2 Å². The fraction of sp³-hybridized carbons (Fsp3) is 0.810. The predicted molar refractivity (Wildman–Crippen MR) is 113 cm³/mol. The molecule has 0 heterocycles. The molecule has 0 radical (unpaired) electrons. The molecule has 2 N–H and O–H groups in total. The Kier molecular flexibility index (Phi) is 9.45. The maximum absolute atomic E-state index is 11.6. The molecular weight excluding hydrogens is 360 g/mol. The average Bonchev–Trinajstić information content (AvgIpc) is 2.49. The second kappa shape index (κ2) is 9.87. The van der Waals surface area contributed by atoms with Crippen molar-refractivity contribution < 1.29 is 24.2 Å². The first-order valence-electron chi connectivity index (χ1n) is 9.98. The van der Waals surface area contributed by atoms with E-state index in [0.29, 0.717) is 19.3 Å². The van der Waals surface area contributed by atoms with Gasteiger partial charge in [0.2, 0.25) is 0 Å². The topological polar surface area (TPSA) is 83.8 Å². The molecule has 0 saturated carbocycles. The SMILES string of the molecule is C=C(CCCC(C)O[Si](C)(C)C(C)(C)C)C(CC)(CC)C(C(=O)O)C(=O)O. The maximum Gasteiger partial charge on any atom is 0.318 e. The Balaban J connectivity index is 5.05. The molecule has 1 atom stereocenters. The minimum Gasteiger partial charge on any atom is -0.481 e. The minimum absolute atomic E-state index is 0.117. The van der Waals surface area contributed by atoms with Crippen LogP contribution in [0.15, 0.2) is 12.2 Å². The van der Waals surface area contributed by atoms with Gasteiger partial charge in [-0.2, -0.15) is 0 Å². The van der Waals surface area contributed by atoms with Crippen LogP contribution in [0.5, 0.6) is 0 Å². The molecule has 0 aliphatic heterocycles. The number of hydrogen-bond acceptors (Lipinski definition) is 3. The van der Waals surface area contributed by atoms with Crippen LogP contribution in [0.25, 0.3) is 0 Å². The highest BCUT2D eigenvalue weighted by Crippen LogP contribution is 2.44. The van der Waals surface area contributed by atoms with Crippen LogP contribution in [0.1, 0.15) is 73.6 Å². The third-order valence-electron chi connectivity index (χ3n) is 6.40. The Labute approximate surface area is 166 Å². The number of carbonyl (C=O) groups is 2. The van der Waals surface area contributed by atoms with Crippen molar-refractivity contribution in [3.63, 3.8) is 0 Å². The van der Waals surface area contributed by atoms with Gasteiger partial charge in [-0.05, 0) is 57.2 Å². The molecule has 158 valence electrons. The molecule has 0 bridgehead atoms. The predicted octanol–water partition coefficient (Wildman–Crippen LogP) is 5.72. The fourth-order valence-corrected chi connectivity index (χ4v) is 5.01. The smallest absolute Gasteiger partial charge is 0.318 e. The van der Waals surface area contributed by atoms with Crippen LogP contribution < -0.4 is 0 Å². The zero-order valence-electron chi connectivity index (χ0n) is 18.5. The van der Waals surface area contributed by atoms with Crippen LogP contribution in [0.4, 0.5) is 0 Å². The van der Waals surface area contributed by atoms with E-state index in [1.165, 1.54) is 0 Å². The highest BCUT2D eigenvalue weighted by Gasteiger charge is 2.47. The van der Waals surface area contributed by atoms with Gasteiger partial charge in [0, 0.05) is 11.5 Å². The van der Waals surface area contributed by atoms with Crippen LogP contribution in [-0.4, -0.2) is 36.6 Å². The van der Waals surface area contributed by atoms with Crippen molar-refractivity contribution in [2.24, 2.45) is 11.3 Å². The monoisotopic (exact) mass is 400 g/mol. The van der Waals surface area contributed by atoms with Gasteiger partial charge in [0.1, 0.15) is 0 Å². The van der Waals surface area contributed by atoms with Crippen molar-refractivity contribution in [1.82, 2.24) is 0 Å². The van der Waals surface area contributed by atoms with Crippen LogP contribution in [0, 0.1) is 11.3 Å². The van der Waals surface area contributed by atoms with Crippen molar-refractivity contribution >= 4 is 20.3 Å². The zero-order chi connectivity index (χ0) is 21.6. The Morgan fingerprint density at radius 3 is 1.85 bits per heavy atom. The number of hydrogen-bond donors (Lipinski definition) is 2. The van der Waals surface area contributed by atoms with Crippen molar-refractivity contribution in [3.8, 4) is 0 Å². The van der Waals surface area contributed by atoms with Gasteiger partial charge in [0.15, 0.2) is 14.2 Å². The Bertz CT molecular complexity index is 515. The lowest BCUT2D eigenvalue weighted by Gasteiger charge is -2.39. The summed E-state index contributed by atoms with van der Waals surface area (Å²) in [6.45, 7) is 21.0. The van der Waals surface area contributed by atoms with Gasteiger partial charge in [-0.25, -0.2) is 0 Å². The third kappa shape index (κ3) is 6.45. The molecule has 0 aliphatic rings. The molecule has 0 fully saturated rings. The van der Waals surface area contributed by atoms with Crippen molar-refractivity contribution in [1.29, 1.82) is 0 Å². The van der Waals surface area contributed by atoms with Gasteiger partial charge in [-0.1, -0.05) is 46.8 Å². The van der Waals surface area contributed by atoms with Crippen LogP contribution >= 0.6 is 0 Å². The summed E-state index contributed by atoms with van der Waals surface area (Å²) in [6.07, 6.45) is 3.28. The van der Waals surface area contributed by atoms with E-state index in [2.05, 4.69) is 47.4 Å². The first kappa shape index (κ1) is 25.9. The Hall–Kier alpha value is -1.14. The molecule has 5 nitrogen and oxygen atoms in total. The van der Waals surface area contributed by atoms with E-state index in [0.717, 1.165) is 18.4 Å². The molecule has 0 aliphatic carbocycles. The average molecular weight is 401 g/mol. The first-order valence-corrected chi connectivity index (χ1v) is 12.9. The molecule has 0 aromatic heterocycles. The number of carboxylic acid groups (broad SMARTS) is 2. The van der Waals surface area contributed by atoms with Crippen LogP contribution in [0.3, 0.4) is 0 Å². The lowest BCUT2D eigenvalue weighted by Crippen LogP contribution is -2.43. The van der Waals surface area contributed by atoms with E-state index >= 15 is 0 Å². The highest BCUT2D eigenvalue weighted by molar-refractivity contribution is 6.74. The lowest BCUT2D eigenvalue weighted by molar-refractivity contribution is -0.160. The van der Waals surface area contributed by atoms with Gasteiger partial charge < -0.3 is 14.6 Å². The summed E-state index contributed by atoms with van der Waals surface area (Å²) in [5, 5.41) is 19.1. The summed E-state index contributed by atoms with van der Waals surface area (Å²) < 4.78 is 6.37. The number of carboxylic acids is 2. The number of aliphatic carboxylic acids is 2. The second-order valence-corrected chi connectivity index (χ2v) is 13.9. The van der Waals surface area contributed by atoms with Crippen molar-refractivity contribution in [2.75, 3.05) is 0 Å². The largest absolute Gasteiger partial charge is 0.481 e. The number of rotatable bonds is 12. The molecule has 0 spiro atoms. The molecule has 1 unspecified atom stereocenters. The third-order valence-corrected chi connectivity index (χ3v) is 11.0. The molecule has 0 saturated heterocycles. The molecule has 6 heteroatoms. The fourth-order valence-electron chi connectivity index (χ4n) is 3.53. The van der Waals surface area contributed by atoms with Crippen LogP contribution in [0.2, 0.25) is 18.1 Å². The molecule has 0 aromatic carbocycles. The van der Waals surface area contributed by atoms with E-state index in [9.17, 15) is 19.8 Å². The van der Waals surface area contributed by atoms with Gasteiger partial charge in [-0.15, -0.1) is 0 Å². The Morgan fingerprint density at radius 1 is 1.07 bits per heavy atom. The van der Waals surface area contributed by atoms with Crippen molar-refractivity contribution in [2.45, 2.75) is 97.9 Å². The van der Waals surface area contributed by atoms with E-state index in [1.54, 1.807) is 0 Å². The maximum atomic E-state index is 11.6. The zero-order valence-corrected chi connectivity index (χ0v) is 19.5. The quantitative estimate of drug-likeness (QED) is 0.249. The minimum atomic E-state index is -1.82. The highest BCUT2D eigenvalue weighted by atomic mass is 28.4. The summed E-state index contributed by atoms with van der Waals surface area (Å²) in [6, 6.07) is 0. The Morgan fingerprint density at radius 2 is 1.52 bits per heavy atom. The van der Waals surface area contributed by atoms with Gasteiger partial charge in [-0.3, -0.25) is 9.59 Å². The summed E-state index contributed by atoms with van der Waals surface area (Å²) in [4.78, 5) is 23.2. The lowest BCUT2D eigenvalue weighted by atomic mass is 9.65. The summed E-state index contributed by atoms with van der Waals surface area (Å²) >= 11 is 0. The van der Waals surface area contributed by atoms with Gasteiger partial charge in [0.25, 0.3) is 0 Å². The van der Waals surface area contributed by atoms with Crippen LogP contribution in [-0.2, 0) is 14.0 Å². The molecular formula is C21H40O5Si. The molecule has 0 amide bonds. The first-order chi connectivity index (χ1) is 12.2. The molecule has 0 aromatic rings. The van der Waals surface area contributed by atoms with E-state index in [4.69, 9.17) is 4.43 Å². The standard InChI is InChI=1S/C21H40O5Si/c1-10-21(11-2,17(18(22)23)19(24)25)15(3)13-12-14-16(4)26-27(8,9)20(5,6)7/h16-17H,3,10-14H2,1-2,4-9H3,(H,22,23)(H,24,25). The molecule has 27 heavy (non-hydrogen) atoms. The van der Waals surface area contributed by atoms with E-state index < -0.39 is 31.6 Å². The summed E-state index contributed by atoms with van der Waals surface area (Å²) in [5.41, 5.74) is -0.192. The van der Waals surface area contributed by atoms with E-state index in [1.807, 2.05) is 13.8 Å². The second-order valence-electron chi connectivity index (χ2n) is 9.16. The van der Waals surface area contributed by atoms with E-state index in [-0.39, 0.29) is 11.1 Å². The summed E-state index contributed by atoms with van der Waals surface area (Å²) in [7, 11) is -1.82. The van der Waals surface area contributed by atoms with Gasteiger partial charge >= 0.3 is 11.9 Å². The number of allylic oxidation sites excluding steroid dienone is 1. The molecule has 0 rings (SSSR count).